The molecule has 1 aromatic rings. The van der Waals surface area contributed by atoms with Gasteiger partial charge in [-0.05, 0) is 43.5 Å². The fourth-order valence-electron chi connectivity index (χ4n) is 2.82. The Hall–Kier alpha value is -0.730. The molecule has 1 aromatic carbocycles. The van der Waals surface area contributed by atoms with Crippen molar-refractivity contribution in [2.75, 3.05) is 47.0 Å². The van der Waals surface area contributed by atoms with E-state index in [-0.39, 0.29) is 24.0 Å². The van der Waals surface area contributed by atoms with Crippen molar-refractivity contribution in [2.24, 2.45) is 10.9 Å². The smallest absolute Gasteiger partial charge is 0.193 e. The summed E-state index contributed by atoms with van der Waals surface area (Å²) in [6.45, 7) is 6.20. The van der Waals surface area contributed by atoms with Crippen LogP contribution in [-0.2, 0) is 4.74 Å². The summed E-state index contributed by atoms with van der Waals surface area (Å²) in [5, 5.41) is 4.12. The average molecular weight is 482 g/mol. The van der Waals surface area contributed by atoms with Crippen LogP contribution in [0, 0.1) is 12.8 Å². The lowest BCUT2D eigenvalue weighted by atomic mass is 10.1. The molecular formula is C18H29ClIN3O2. The van der Waals surface area contributed by atoms with Crippen LogP contribution in [0.2, 0.25) is 5.02 Å². The molecule has 142 valence electrons. The van der Waals surface area contributed by atoms with Gasteiger partial charge in [0.05, 0.1) is 13.2 Å². The van der Waals surface area contributed by atoms with Crippen LogP contribution >= 0.6 is 35.6 Å². The summed E-state index contributed by atoms with van der Waals surface area (Å²) in [5.41, 5.74) is 1.06. The largest absolute Gasteiger partial charge is 0.493 e. The number of hydrogen-bond donors (Lipinski definition) is 1. The Balaban J connectivity index is 0.00000312. The highest BCUT2D eigenvalue weighted by Gasteiger charge is 2.18. The van der Waals surface area contributed by atoms with Gasteiger partial charge >= 0.3 is 0 Å². The van der Waals surface area contributed by atoms with Crippen molar-refractivity contribution in [3.8, 4) is 5.75 Å². The third-order valence-corrected chi connectivity index (χ3v) is 4.36. The second-order valence-electron chi connectivity index (χ2n) is 6.20. The van der Waals surface area contributed by atoms with E-state index >= 15 is 0 Å². The fourth-order valence-corrected chi connectivity index (χ4v) is 3.04. The maximum Gasteiger partial charge on any atom is 0.193 e. The van der Waals surface area contributed by atoms with E-state index in [9.17, 15) is 0 Å². The molecule has 1 fully saturated rings. The Morgan fingerprint density at radius 2 is 2.28 bits per heavy atom. The van der Waals surface area contributed by atoms with Crippen molar-refractivity contribution in [1.29, 1.82) is 0 Å². The molecule has 0 aromatic heterocycles. The zero-order valence-corrected chi connectivity index (χ0v) is 18.3. The summed E-state index contributed by atoms with van der Waals surface area (Å²) in [4.78, 5) is 6.51. The SMILES string of the molecule is CN=C(NCCCOc1ccc(Cl)cc1C)N(C)CC1CCOC1.I. The van der Waals surface area contributed by atoms with Crippen molar-refractivity contribution in [1.82, 2.24) is 10.2 Å². The highest BCUT2D eigenvalue weighted by atomic mass is 127. The quantitative estimate of drug-likeness (QED) is 0.280. The molecule has 0 aliphatic carbocycles. The molecule has 1 atom stereocenters. The molecule has 0 saturated carbocycles. The number of ether oxygens (including phenoxy) is 2. The zero-order valence-electron chi connectivity index (χ0n) is 15.3. The summed E-state index contributed by atoms with van der Waals surface area (Å²) in [7, 11) is 3.89. The van der Waals surface area contributed by atoms with E-state index in [1.165, 1.54) is 0 Å². The Bertz CT molecular complexity index is 551. The van der Waals surface area contributed by atoms with E-state index in [1.807, 2.05) is 32.2 Å². The van der Waals surface area contributed by atoms with Crippen LogP contribution in [-0.4, -0.2) is 57.9 Å². The van der Waals surface area contributed by atoms with E-state index in [0.717, 1.165) is 61.4 Å². The molecule has 0 amide bonds. The Morgan fingerprint density at radius 3 is 2.92 bits per heavy atom. The molecule has 5 nitrogen and oxygen atoms in total. The number of halogens is 2. The Labute approximate surface area is 173 Å². The molecule has 25 heavy (non-hydrogen) atoms. The molecule has 0 radical (unpaired) electrons. The van der Waals surface area contributed by atoms with Crippen LogP contribution in [0.5, 0.6) is 5.75 Å². The van der Waals surface area contributed by atoms with Gasteiger partial charge < -0.3 is 19.7 Å². The van der Waals surface area contributed by atoms with Crippen LogP contribution in [0.1, 0.15) is 18.4 Å². The second-order valence-corrected chi connectivity index (χ2v) is 6.63. The third kappa shape index (κ3) is 7.58. The van der Waals surface area contributed by atoms with Gasteiger partial charge in [-0.3, -0.25) is 4.99 Å². The molecule has 2 rings (SSSR count). The van der Waals surface area contributed by atoms with Gasteiger partial charge in [0.1, 0.15) is 5.75 Å². The van der Waals surface area contributed by atoms with Crippen LogP contribution < -0.4 is 10.1 Å². The summed E-state index contributed by atoms with van der Waals surface area (Å²) in [6, 6.07) is 5.69. The summed E-state index contributed by atoms with van der Waals surface area (Å²) in [6.07, 6.45) is 2.04. The number of benzene rings is 1. The number of nitrogens with one attached hydrogen (secondary N) is 1. The second kappa shape index (κ2) is 11.8. The molecule has 1 aliphatic heterocycles. The van der Waals surface area contributed by atoms with Crippen molar-refractivity contribution < 1.29 is 9.47 Å². The third-order valence-electron chi connectivity index (χ3n) is 4.13. The number of aliphatic imine (C=N–C) groups is 1. The molecule has 1 saturated heterocycles. The maximum atomic E-state index is 5.95. The van der Waals surface area contributed by atoms with Crippen LogP contribution in [0.4, 0.5) is 0 Å². The van der Waals surface area contributed by atoms with Crippen LogP contribution in [0.3, 0.4) is 0 Å². The van der Waals surface area contributed by atoms with Crippen molar-refractivity contribution >= 4 is 41.5 Å². The van der Waals surface area contributed by atoms with E-state index in [0.29, 0.717) is 12.5 Å². The topological polar surface area (TPSA) is 46.1 Å². The standard InChI is InChI=1S/C18H28ClN3O2.HI/c1-14-11-16(19)5-6-17(14)24-9-4-8-21-18(20-2)22(3)12-15-7-10-23-13-15;/h5-6,11,15H,4,7-10,12-13H2,1-3H3,(H,20,21);1H. The highest BCUT2D eigenvalue weighted by molar-refractivity contribution is 14.0. The predicted octanol–water partition coefficient (Wildman–Crippen LogP) is 3.58. The maximum absolute atomic E-state index is 5.95. The van der Waals surface area contributed by atoms with Crippen LogP contribution in [0.15, 0.2) is 23.2 Å². The number of aryl methyl sites for hydroxylation is 1. The fraction of sp³-hybridized carbons (Fsp3) is 0.611. The molecule has 1 aliphatic rings. The first-order valence-electron chi connectivity index (χ1n) is 8.48. The first kappa shape index (κ1) is 22.3. The minimum atomic E-state index is 0. The van der Waals surface area contributed by atoms with Gasteiger partial charge in [-0.15, -0.1) is 24.0 Å². The zero-order chi connectivity index (χ0) is 17.4. The average Bonchev–Trinajstić information content (AvgIpc) is 3.05. The minimum Gasteiger partial charge on any atom is -0.493 e. The lowest BCUT2D eigenvalue weighted by Crippen LogP contribution is -2.42. The summed E-state index contributed by atoms with van der Waals surface area (Å²) >= 11 is 5.95. The Morgan fingerprint density at radius 1 is 1.48 bits per heavy atom. The van der Waals surface area contributed by atoms with Gasteiger partial charge in [0.25, 0.3) is 0 Å². The van der Waals surface area contributed by atoms with Gasteiger partial charge in [0.15, 0.2) is 5.96 Å². The molecular weight excluding hydrogens is 453 g/mol. The van der Waals surface area contributed by atoms with E-state index in [1.54, 1.807) is 0 Å². The molecule has 7 heteroatoms. The highest BCUT2D eigenvalue weighted by Crippen LogP contribution is 2.21. The van der Waals surface area contributed by atoms with Gasteiger partial charge in [-0.1, -0.05) is 11.6 Å². The Kier molecular flexibility index (Phi) is 10.5. The van der Waals surface area contributed by atoms with E-state index < -0.39 is 0 Å². The predicted molar refractivity (Wildman–Crippen MR) is 115 cm³/mol. The molecule has 1 heterocycles. The minimum absolute atomic E-state index is 0. The van der Waals surface area contributed by atoms with Crippen LogP contribution in [0.25, 0.3) is 0 Å². The lowest BCUT2D eigenvalue weighted by molar-refractivity contribution is 0.181. The van der Waals surface area contributed by atoms with Gasteiger partial charge in [0, 0.05) is 44.7 Å². The number of guanidine groups is 1. The lowest BCUT2D eigenvalue weighted by Gasteiger charge is -2.24. The first-order chi connectivity index (χ1) is 11.6. The molecule has 0 spiro atoms. The normalized spacial score (nSPS) is 17.1. The van der Waals surface area contributed by atoms with E-state index in [4.69, 9.17) is 21.1 Å². The summed E-state index contributed by atoms with van der Waals surface area (Å²) < 4.78 is 11.2. The van der Waals surface area contributed by atoms with Crippen molar-refractivity contribution in [3.63, 3.8) is 0 Å². The number of nitrogens with zero attached hydrogens (tertiary/aromatic N) is 2. The molecule has 0 bridgehead atoms. The first-order valence-corrected chi connectivity index (χ1v) is 8.86. The van der Waals surface area contributed by atoms with Gasteiger partial charge in [-0.2, -0.15) is 0 Å². The van der Waals surface area contributed by atoms with Crippen molar-refractivity contribution in [2.45, 2.75) is 19.8 Å². The monoisotopic (exact) mass is 481 g/mol. The van der Waals surface area contributed by atoms with Gasteiger partial charge in [0.2, 0.25) is 0 Å². The van der Waals surface area contributed by atoms with Crippen molar-refractivity contribution in [3.05, 3.63) is 28.8 Å². The number of rotatable bonds is 7. The molecule has 1 unspecified atom stereocenters. The van der Waals surface area contributed by atoms with E-state index in [2.05, 4.69) is 22.3 Å². The molecule has 1 N–H and O–H groups in total. The number of hydrogen-bond acceptors (Lipinski definition) is 3. The summed E-state index contributed by atoms with van der Waals surface area (Å²) in [5.74, 6) is 2.41. The van der Waals surface area contributed by atoms with Gasteiger partial charge in [-0.25, -0.2) is 0 Å².